The van der Waals surface area contributed by atoms with Crippen LogP contribution < -0.4 is 4.74 Å². The van der Waals surface area contributed by atoms with Crippen molar-refractivity contribution >= 4 is 0 Å². The van der Waals surface area contributed by atoms with Crippen LogP contribution in [0, 0.1) is 5.82 Å². The Bertz CT molecular complexity index is 438. The fourth-order valence-corrected chi connectivity index (χ4v) is 2.62. The minimum absolute atomic E-state index is 0.261. The topological polar surface area (TPSA) is 32.7 Å². The molecule has 0 spiro atoms. The van der Waals surface area contributed by atoms with Crippen molar-refractivity contribution in [2.45, 2.75) is 31.4 Å². The molecule has 0 saturated carbocycles. The van der Waals surface area contributed by atoms with Crippen LogP contribution in [0.5, 0.6) is 5.75 Å². The van der Waals surface area contributed by atoms with Crippen LogP contribution in [0.3, 0.4) is 0 Å². The zero-order valence-electron chi connectivity index (χ0n) is 11.1. The van der Waals surface area contributed by atoms with Crippen molar-refractivity contribution in [3.63, 3.8) is 0 Å². The Morgan fingerprint density at radius 2 is 2.22 bits per heavy atom. The molecule has 0 aromatic heterocycles. The van der Waals surface area contributed by atoms with Crippen molar-refractivity contribution < 1.29 is 14.2 Å². The van der Waals surface area contributed by atoms with Gasteiger partial charge in [0.2, 0.25) is 0 Å². The minimum Gasteiger partial charge on any atom is -0.496 e. The lowest BCUT2D eigenvalue weighted by Crippen LogP contribution is -2.46. The predicted octanol–water partition coefficient (Wildman–Crippen LogP) is 2.14. The lowest BCUT2D eigenvalue weighted by atomic mass is 9.81. The number of hydrogen-bond acceptors (Lipinski definition) is 3. The van der Waals surface area contributed by atoms with Crippen LogP contribution in [0.2, 0.25) is 0 Å². The first-order valence-corrected chi connectivity index (χ1v) is 6.23. The molecule has 2 rings (SSSR count). The molecule has 1 fully saturated rings. The highest BCUT2D eigenvalue weighted by atomic mass is 19.1. The van der Waals surface area contributed by atoms with E-state index in [1.165, 1.54) is 12.1 Å². The molecule has 0 aliphatic carbocycles. The van der Waals surface area contributed by atoms with Crippen molar-refractivity contribution in [3.05, 3.63) is 29.6 Å². The zero-order chi connectivity index (χ0) is 13.3. The van der Waals surface area contributed by atoms with Crippen LogP contribution in [-0.2, 0) is 5.60 Å². The Labute approximate surface area is 107 Å². The SMILES string of the molecule is COc1ccc(F)cc1C1(O)CCN(C)C(C)C1. The van der Waals surface area contributed by atoms with E-state index in [1.807, 2.05) is 7.05 Å². The quantitative estimate of drug-likeness (QED) is 0.876. The highest BCUT2D eigenvalue weighted by Gasteiger charge is 2.38. The number of ether oxygens (including phenoxy) is 1. The van der Waals surface area contributed by atoms with Gasteiger partial charge in [0.15, 0.2) is 0 Å². The monoisotopic (exact) mass is 253 g/mol. The molecule has 2 atom stereocenters. The van der Waals surface area contributed by atoms with Crippen LogP contribution in [-0.4, -0.2) is 36.8 Å². The summed E-state index contributed by atoms with van der Waals surface area (Å²) in [4.78, 5) is 2.19. The average molecular weight is 253 g/mol. The van der Waals surface area contributed by atoms with E-state index in [-0.39, 0.29) is 11.9 Å². The summed E-state index contributed by atoms with van der Waals surface area (Å²) in [6.45, 7) is 2.85. The van der Waals surface area contributed by atoms with Gasteiger partial charge in [0.05, 0.1) is 12.7 Å². The number of hydrogen-bond donors (Lipinski definition) is 1. The molecule has 1 aromatic carbocycles. The van der Waals surface area contributed by atoms with Gasteiger partial charge in [-0.05, 0) is 45.0 Å². The van der Waals surface area contributed by atoms with Gasteiger partial charge in [0, 0.05) is 18.2 Å². The molecule has 2 unspecified atom stereocenters. The number of halogens is 1. The summed E-state index contributed by atoms with van der Waals surface area (Å²) < 4.78 is 18.6. The zero-order valence-corrected chi connectivity index (χ0v) is 11.1. The minimum atomic E-state index is -1.00. The van der Waals surface area contributed by atoms with E-state index < -0.39 is 5.60 Å². The summed E-state index contributed by atoms with van der Waals surface area (Å²) in [5, 5.41) is 10.8. The maximum atomic E-state index is 13.4. The lowest BCUT2D eigenvalue weighted by molar-refractivity contribution is -0.0424. The largest absolute Gasteiger partial charge is 0.496 e. The van der Waals surface area contributed by atoms with Gasteiger partial charge < -0.3 is 14.7 Å². The molecule has 3 nitrogen and oxygen atoms in total. The number of aliphatic hydroxyl groups is 1. The first-order chi connectivity index (χ1) is 8.46. The van der Waals surface area contributed by atoms with Gasteiger partial charge in [-0.3, -0.25) is 0 Å². The third kappa shape index (κ3) is 2.35. The summed E-state index contributed by atoms with van der Waals surface area (Å²) in [7, 11) is 3.57. The number of rotatable bonds is 2. The lowest BCUT2D eigenvalue weighted by Gasteiger charge is -2.41. The first kappa shape index (κ1) is 13.3. The van der Waals surface area contributed by atoms with Gasteiger partial charge in [-0.1, -0.05) is 0 Å². The summed E-state index contributed by atoms with van der Waals surface area (Å²) in [6, 6.07) is 4.57. The molecule has 1 N–H and O–H groups in total. The van der Waals surface area contributed by atoms with E-state index in [9.17, 15) is 9.50 Å². The van der Waals surface area contributed by atoms with E-state index in [2.05, 4.69) is 11.8 Å². The van der Waals surface area contributed by atoms with Gasteiger partial charge in [0.1, 0.15) is 11.6 Å². The van der Waals surface area contributed by atoms with Crippen molar-refractivity contribution in [2.24, 2.45) is 0 Å². The second kappa shape index (κ2) is 4.86. The van der Waals surface area contributed by atoms with Crippen LogP contribution in [0.1, 0.15) is 25.3 Å². The molecule has 1 saturated heterocycles. The highest BCUT2D eigenvalue weighted by Crippen LogP contribution is 2.40. The summed E-state index contributed by atoms with van der Waals surface area (Å²) in [5.74, 6) is 0.210. The second-order valence-corrected chi connectivity index (χ2v) is 5.16. The fourth-order valence-electron chi connectivity index (χ4n) is 2.62. The molecular formula is C14H20FNO2. The molecule has 18 heavy (non-hydrogen) atoms. The molecule has 4 heteroatoms. The van der Waals surface area contributed by atoms with E-state index in [0.29, 0.717) is 24.2 Å². The van der Waals surface area contributed by atoms with Crippen LogP contribution in [0.25, 0.3) is 0 Å². The third-order valence-electron chi connectivity index (χ3n) is 3.93. The molecule has 1 aliphatic rings. The second-order valence-electron chi connectivity index (χ2n) is 5.16. The van der Waals surface area contributed by atoms with Gasteiger partial charge in [0.25, 0.3) is 0 Å². The van der Waals surface area contributed by atoms with E-state index >= 15 is 0 Å². The molecule has 0 radical (unpaired) electrons. The number of likely N-dealkylation sites (tertiary alicyclic amines) is 1. The van der Waals surface area contributed by atoms with E-state index in [1.54, 1.807) is 13.2 Å². The van der Waals surface area contributed by atoms with Gasteiger partial charge in [-0.15, -0.1) is 0 Å². The van der Waals surface area contributed by atoms with Gasteiger partial charge in [-0.25, -0.2) is 4.39 Å². The maximum Gasteiger partial charge on any atom is 0.125 e. The average Bonchev–Trinajstić information content (AvgIpc) is 2.34. The van der Waals surface area contributed by atoms with Gasteiger partial charge >= 0.3 is 0 Å². The smallest absolute Gasteiger partial charge is 0.125 e. The van der Waals surface area contributed by atoms with Crippen molar-refractivity contribution in [2.75, 3.05) is 20.7 Å². The van der Waals surface area contributed by atoms with Gasteiger partial charge in [-0.2, -0.15) is 0 Å². The molecule has 1 aromatic rings. The summed E-state index contributed by atoms with van der Waals surface area (Å²) in [5.41, 5.74) is -0.440. The Hall–Kier alpha value is -1.13. The molecule has 0 amide bonds. The molecule has 100 valence electrons. The van der Waals surface area contributed by atoms with Crippen LogP contribution in [0.4, 0.5) is 4.39 Å². The molecule has 1 heterocycles. The Balaban J connectivity index is 2.37. The third-order valence-corrected chi connectivity index (χ3v) is 3.93. The number of piperidine rings is 1. The maximum absolute atomic E-state index is 13.4. The fraction of sp³-hybridized carbons (Fsp3) is 0.571. The summed E-state index contributed by atoms with van der Waals surface area (Å²) in [6.07, 6.45) is 1.18. The van der Waals surface area contributed by atoms with Crippen LogP contribution >= 0.6 is 0 Å². The number of benzene rings is 1. The molecular weight excluding hydrogens is 233 g/mol. The van der Waals surface area contributed by atoms with Crippen molar-refractivity contribution in [3.8, 4) is 5.75 Å². The molecule has 1 aliphatic heterocycles. The number of nitrogens with zero attached hydrogens (tertiary/aromatic N) is 1. The Morgan fingerprint density at radius 1 is 1.50 bits per heavy atom. The standard InChI is InChI=1S/C14H20FNO2/c1-10-9-14(17,6-7-16(10)2)12-8-11(15)4-5-13(12)18-3/h4-5,8,10,17H,6-7,9H2,1-3H3. The summed E-state index contributed by atoms with van der Waals surface area (Å²) >= 11 is 0. The number of methoxy groups -OCH3 is 1. The normalized spacial score (nSPS) is 29.3. The Morgan fingerprint density at radius 3 is 2.83 bits per heavy atom. The Kier molecular flexibility index (Phi) is 3.59. The molecule has 0 bridgehead atoms. The predicted molar refractivity (Wildman–Crippen MR) is 68.2 cm³/mol. The highest BCUT2D eigenvalue weighted by molar-refractivity contribution is 5.39. The van der Waals surface area contributed by atoms with E-state index in [0.717, 1.165) is 6.54 Å². The van der Waals surface area contributed by atoms with Crippen LogP contribution in [0.15, 0.2) is 18.2 Å². The van der Waals surface area contributed by atoms with E-state index in [4.69, 9.17) is 4.74 Å². The van der Waals surface area contributed by atoms with Crippen molar-refractivity contribution in [1.29, 1.82) is 0 Å². The first-order valence-electron chi connectivity index (χ1n) is 6.23. The van der Waals surface area contributed by atoms with Crippen molar-refractivity contribution in [1.82, 2.24) is 4.90 Å².